The van der Waals surface area contributed by atoms with E-state index in [1.54, 1.807) is 18.2 Å². The molecule has 2 N–H and O–H groups in total. The van der Waals surface area contributed by atoms with Gasteiger partial charge in [0, 0.05) is 12.0 Å². The normalized spacial score (nSPS) is 18.0. The summed E-state index contributed by atoms with van der Waals surface area (Å²) in [5, 5.41) is 11.0. The van der Waals surface area contributed by atoms with Crippen LogP contribution >= 0.6 is 0 Å². The van der Waals surface area contributed by atoms with Crippen LogP contribution in [0.3, 0.4) is 0 Å². The Bertz CT molecular complexity index is 692. The van der Waals surface area contributed by atoms with Crippen molar-refractivity contribution in [2.75, 3.05) is 12.8 Å². The maximum absolute atomic E-state index is 12.8. The van der Waals surface area contributed by atoms with E-state index in [-0.39, 0.29) is 23.4 Å². The lowest BCUT2D eigenvalue weighted by atomic mass is 10.1. The van der Waals surface area contributed by atoms with Crippen molar-refractivity contribution in [3.05, 3.63) is 47.2 Å². The zero-order valence-corrected chi connectivity index (χ0v) is 13.4. The number of hydrogen-bond donors (Lipinski definition) is 2. The van der Waals surface area contributed by atoms with Crippen molar-refractivity contribution in [2.45, 2.75) is 19.1 Å². The molecule has 0 spiro atoms. The van der Waals surface area contributed by atoms with Crippen LogP contribution < -0.4 is 5.32 Å². The van der Waals surface area contributed by atoms with E-state index in [1.807, 2.05) is 0 Å². The standard InChI is InChI=1S/C7H6F2.C7H10FNO5S/c8-7(9)6-4-2-1-3-5-6;1-15(12,13)14-5-3-9-6(8)2-4(5)7(10)11/h1-5,7H;6,9H,2-3H2,1H3,(H,10,11). The molecule has 0 radical (unpaired) electrons. The number of alkyl halides is 3. The molecule has 1 atom stereocenters. The number of benzene rings is 1. The summed E-state index contributed by atoms with van der Waals surface area (Å²) in [6.07, 6.45) is -3.46. The van der Waals surface area contributed by atoms with E-state index in [0.717, 1.165) is 6.26 Å². The van der Waals surface area contributed by atoms with Gasteiger partial charge in [0.25, 0.3) is 6.43 Å². The van der Waals surface area contributed by atoms with Gasteiger partial charge in [0.15, 0.2) is 6.30 Å². The largest absolute Gasteiger partial charge is 0.478 e. The van der Waals surface area contributed by atoms with Gasteiger partial charge in [-0.2, -0.15) is 8.42 Å². The summed E-state index contributed by atoms with van der Waals surface area (Å²) in [4.78, 5) is 10.7. The van der Waals surface area contributed by atoms with Crippen LogP contribution in [0, 0.1) is 0 Å². The van der Waals surface area contributed by atoms with Gasteiger partial charge in [-0.3, -0.25) is 5.32 Å². The SMILES string of the molecule is CS(=O)(=O)OC1=C(C(=O)O)CC(F)NC1.FC(F)c1ccccc1. The molecule has 0 saturated heterocycles. The van der Waals surface area contributed by atoms with Crippen molar-refractivity contribution in [1.29, 1.82) is 0 Å². The first-order valence-electron chi connectivity index (χ1n) is 6.65. The molecule has 24 heavy (non-hydrogen) atoms. The summed E-state index contributed by atoms with van der Waals surface area (Å²) in [7, 11) is -3.79. The predicted molar refractivity (Wildman–Crippen MR) is 79.5 cm³/mol. The third kappa shape index (κ3) is 7.01. The van der Waals surface area contributed by atoms with Crippen LogP contribution in [-0.2, 0) is 19.1 Å². The number of rotatable bonds is 4. The number of carboxylic acid groups (broad SMARTS) is 1. The number of hydrogen-bond acceptors (Lipinski definition) is 5. The highest BCUT2D eigenvalue weighted by atomic mass is 32.2. The third-order valence-corrected chi connectivity index (χ3v) is 3.27. The lowest BCUT2D eigenvalue weighted by molar-refractivity contribution is -0.133. The van der Waals surface area contributed by atoms with Crippen LogP contribution in [0.2, 0.25) is 0 Å². The van der Waals surface area contributed by atoms with Gasteiger partial charge in [-0.1, -0.05) is 30.3 Å². The van der Waals surface area contributed by atoms with Crippen LogP contribution in [0.4, 0.5) is 13.2 Å². The Morgan fingerprint density at radius 3 is 2.33 bits per heavy atom. The minimum Gasteiger partial charge on any atom is -0.478 e. The fourth-order valence-corrected chi connectivity index (χ4v) is 2.27. The third-order valence-electron chi connectivity index (χ3n) is 2.77. The highest BCUT2D eigenvalue weighted by Gasteiger charge is 2.27. The molecule has 0 amide bonds. The van der Waals surface area contributed by atoms with Crippen LogP contribution in [0.5, 0.6) is 0 Å². The molecule has 1 aliphatic rings. The maximum Gasteiger partial charge on any atom is 0.335 e. The molecular weight excluding hydrogens is 351 g/mol. The monoisotopic (exact) mass is 367 g/mol. The minimum absolute atomic E-state index is 0.0810. The Hall–Kier alpha value is -2.07. The van der Waals surface area contributed by atoms with Crippen LogP contribution in [-0.4, -0.2) is 38.6 Å². The molecular formula is C14H16F3NO5S. The number of carbonyl (C=O) groups is 1. The van der Waals surface area contributed by atoms with Crippen molar-refractivity contribution in [2.24, 2.45) is 0 Å². The van der Waals surface area contributed by atoms with Gasteiger partial charge in [0.2, 0.25) is 0 Å². The van der Waals surface area contributed by atoms with E-state index < -0.39 is 35.2 Å². The van der Waals surface area contributed by atoms with E-state index in [4.69, 9.17) is 5.11 Å². The smallest absolute Gasteiger partial charge is 0.335 e. The van der Waals surface area contributed by atoms with Gasteiger partial charge in [0.1, 0.15) is 5.76 Å². The summed E-state index contributed by atoms with van der Waals surface area (Å²) in [5.41, 5.74) is -0.274. The van der Waals surface area contributed by atoms with E-state index in [1.165, 1.54) is 12.1 Å². The van der Waals surface area contributed by atoms with Gasteiger partial charge in [-0.25, -0.2) is 18.0 Å². The first-order valence-corrected chi connectivity index (χ1v) is 8.47. The molecule has 134 valence electrons. The van der Waals surface area contributed by atoms with Gasteiger partial charge < -0.3 is 9.29 Å². The van der Waals surface area contributed by atoms with E-state index in [0.29, 0.717) is 0 Å². The highest BCUT2D eigenvalue weighted by molar-refractivity contribution is 7.86. The number of carboxylic acids is 1. The van der Waals surface area contributed by atoms with Crippen LogP contribution in [0.15, 0.2) is 41.7 Å². The molecule has 0 bridgehead atoms. The van der Waals surface area contributed by atoms with Gasteiger partial charge in [-0.15, -0.1) is 0 Å². The number of halogens is 3. The molecule has 1 unspecified atom stereocenters. The Morgan fingerprint density at radius 2 is 1.92 bits per heavy atom. The van der Waals surface area contributed by atoms with Crippen molar-refractivity contribution in [3.8, 4) is 0 Å². The molecule has 0 aromatic heterocycles. The number of aliphatic carboxylic acids is 1. The Kier molecular flexibility index (Phi) is 7.23. The van der Waals surface area contributed by atoms with Gasteiger partial charge in [-0.05, 0) is 0 Å². The molecule has 2 rings (SSSR count). The zero-order valence-electron chi connectivity index (χ0n) is 12.6. The summed E-state index contributed by atoms with van der Waals surface area (Å²) in [6, 6.07) is 7.73. The molecule has 1 aromatic rings. The molecule has 0 fully saturated rings. The predicted octanol–water partition coefficient (Wildman–Crippen LogP) is 2.21. The lowest BCUT2D eigenvalue weighted by Gasteiger charge is -2.20. The lowest BCUT2D eigenvalue weighted by Crippen LogP contribution is -2.35. The second-order valence-electron chi connectivity index (χ2n) is 4.76. The summed E-state index contributed by atoms with van der Waals surface area (Å²) >= 11 is 0. The van der Waals surface area contributed by atoms with E-state index in [2.05, 4.69) is 9.50 Å². The first kappa shape index (κ1) is 20.0. The average Bonchev–Trinajstić information content (AvgIpc) is 2.49. The average molecular weight is 367 g/mol. The minimum atomic E-state index is -3.79. The van der Waals surface area contributed by atoms with Crippen LogP contribution in [0.25, 0.3) is 0 Å². The van der Waals surface area contributed by atoms with Gasteiger partial charge in [0.05, 0.1) is 18.4 Å². The maximum atomic E-state index is 12.8. The Morgan fingerprint density at radius 1 is 1.33 bits per heavy atom. The van der Waals surface area contributed by atoms with Crippen molar-refractivity contribution in [1.82, 2.24) is 5.32 Å². The fourth-order valence-electron chi connectivity index (χ4n) is 1.74. The molecule has 10 heteroatoms. The van der Waals surface area contributed by atoms with Gasteiger partial charge >= 0.3 is 16.1 Å². The quantitative estimate of drug-likeness (QED) is 0.626. The van der Waals surface area contributed by atoms with Crippen molar-refractivity contribution >= 4 is 16.1 Å². The molecule has 1 aromatic carbocycles. The first-order chi connectivity index (χ1) is 11.1. The van der Waals surface area contributed by atoms with Crippen molar-refractivity contribution < 1.29 is 35.7 Å². The van der Waals surface area contributed by atoms with Crippen LogP contribution in [0.1, 0.15) is 18.4 Å². The molecule has 1 aliphatic heterocycles. The van der Waals surface area contributed by atoms with Crippen molar-refractivity contribution in [3.63, 3.8) is 0 Å². The van der Waals surface area contributed by atoms with E-state index >= 15 is 0 Å². The summed E-state index contributed by atoms with van der Waals surface area (Å²) in [5.74, 6) is -1.64. The number of nitrogens with one attached hydrogen (secondary N) is 1. The Labute approximate surface area is 137 Å². The summed E-state index contributed by atoms with van der Waals surface area (Å²) in [6.45, 7) is -0.254. The second-order valence-corrected chi connectivity index (χ2v) is 6.33. The topological polar surface area (TPSA) is 92.7 Å². The van der Waals surface area contributed by atoms with E-state index in [9.17, 15) is 26.4 Å². The zero-order chi connectivity index (χ0) is 18.3. The second kappa shape index (κ2) is 8.69. The molecule has 6 nitrogen and oxygen atoms in total. The Balaban J connectivity index is 0.000000272. The molecule has 1 heterocycles. The molecule has 0 aliphatic carbocycles. The highest BCUT2D eigenvalue weighted by Crippen LogP contribution is 2.20. The fraction of sp³-hybridized carbons (Fsp3) is 0.357. The molecule has 0 saturated carbocycles. The summed E-state index contributed by atoms with van der Waals surface area (Å²) < 4.78 is 62.3.